The fraction of sp³-hybridized carbons (Fsp3) is 0.190. The van der Waals surface area contributed by atoms with Crippen LogP contribution in [0.25, 0.3) is 17.0 Å². The minimum absolute atomic E-state index is 0.159. The zero-order valence-electron chi connectivity index (χ0n) is 16.5. The van der Waals surface area contributed by atoms with Gasteiger partial charge in [-0.1, -0.05) is 23.4 Å². The van der Waals surface area contributed by atoms with Crippen LogP contribution in [0.15, 0.2) is 53.3 Å². The Morgan fingerprint density at radius 3 is 2.93 bits per heavy atom. The van der Waals surface area contributed by atoms with E-state index in [0.717, 1.165) is 5.56 Å². The number of amides is 1. The maximum Gasteiger partial charge on any atom is 0.306 e. The van der Waals surface area contributed by atoms with E-state index < -0.39 is 0 Å². The molecule has 0 fully saturated rings. The SMILES string of the molecule is COC(=O)CCc1nc(-c2ccc(C)c(NC(=O)c3cnc4ccccn34)c2)no1. The van der Waals surface area contributed by atoms with Gasteiger partial charge < -0.3 is 14.6 Å². The van der Waals surface area contributed by atoms with Crippen molar-refractivity contribution in [1.29, 1.82) is 0 Å². The summed E-state index contributed by atoms with van der Waals surface area (Å²) in [6.07, 6.45) is 3.78. The number of pyridine rings is 1. The maximum atomic E-state index is 12.8. The van der Waals surface area contributed by atoms with Crippen molar-refractivity contribution >= 4 is 23.2 Å². The summed E-state index contributed by atoms with van der Waals surface area (Å²) in [5.41, 5.74) is 3.32. The first-order chi connectivity index (χ1) is 14.5. The van der Waals surface area contributed by atoms with Crippen LogP contribution in [-0.2, 0) is 16.0 Å². The normalized spacial score (nSPS) is 10.9. The molecule has 0 saturated carbocycles. The molecule has 1 N–H and O–H groups in total. The highest BCUT2D eigenvalue weighted by Crippen LogP contribution is 2.24. The third kappa shape index (κ3) is 3.90. The molecule has 0 atom stereocenters. The molecule has 4 rings (SSSR count). The highest BCUT2D eigenvalue weighted by atomic mass is 16.5. The summed E-state index contributed by atoms with van der Waals surface area (Å²) in [6, 6.07) is 11.0. The molecule has 30 heavy (non-hydrogen) atoms. The van der Waals surface area contributed by atoms with Crippen LogP contribution in [0, 0.1) is 6.92 Å². The van der Waals surface area contributed by atoms with Gasteiger partial charge in [0.05, 0.1) is 19.7 Å². The molecule has 0 aliphatic rings. The quantitative estimate of drug-likeness (QED) is 0.491. The molecule has 3 heterocycles. The lowest BCUT2D eigenvalue weighted by Crippen LogP contribution is -2.15. The molecule has 0 bridgehead atoms. The number of nitrogens with zero attached hydrogens (tertiary/aromatic N) is 4. The molecule has 0 aliphatic carbocycles. The van der Waals surface area contributed by atoms with E-state index >= 15 is 0 Å². The van der Waals surface area contributed by atoms with Crippen LogP contribution in [-0.4, -0.2) is 38.5 Å². The van der Waals surface area contributed by atoms with Crippen LogP contribution in [0.3, 0.4) is 0 Å². The van der Waals surface area contributed by atoms with E-state index in [9.17, 15) is 9.59 Å². The Hall–Kier alpha value is -4.01. The fourth-order valence-corrected chi connectivity index (χ4v) is 2.97. The summed E-state index contributed by atoms with van der Waals surface area (Å²) in [5, 5.41) is 6.89. The van der Waals surface area contributed by atoms with Crippen LogP contribution in [0.4, 0.5) is 5.69 Å². The topological polar surface area (TPSA) is 112 Å². The van der Waals surface area contributed by atoms with E-state index in [1.807, 2.05) is 37.3 Å². The maximum absolute atomic E-state index is 12.8. The molecule has 3 aromatic heterocycles. The van der Waals surface area contributed by atoms with E-state index in [4.69, 9.17) is 4.52 Å². The van der Waals surface area contributed by atoms with Gasteiger partial charge in [0, 0.05) is 23.9 Å². The molecule has 1 aromatic carbocycles. The number of ether oxygens (including phenoxy) is 1. The van der Waals surface area contributed by atoms with E-state index in [0.29, 0.717) is 40.7 Å². The second-order valence-corrected chi connectivity index (χ2v) is 6.64. The number of esters is 1. The molecule has 152 valence electrons. The van der Waals surface area contributed by atoms with Crippen LogP contribution >= 0.6 is 0 Å². The third-order valence-electron chi connectivity index (χ3n) is 4.63. The number of aryl methyl sites for hydroxylation is 2. The fourth-order valence-electron chi connectivity index (χ4n) is 2.97. The molecule has 9 nitrogen and oxygen atoms in total. The minimum Gasteiger partial charge on any atom is -0.469 e. The molecule has 9 heteroatoms. The van der Waals surface area contributed by atoms with Gasteiger partial charge in [-0.05, 0) is 30.7 Å². The molecular formula is C21H19N5O4. The summed E-state index contributed by atoms with van der Waals surface area (Å²) in [6.45, 7) is 1.89. The lowest BCUT2D eigenvalue weighted by atomic mass is 10.1. The number of nitrogens with one attached hydrogen (secondary N) is 1. The van der Waals surface area contributed by atoms with Crippen molar-refractivity contribution < 1.29 is 18.8 Å². The van der Waals surface area contributed by atoms with Crippen molar-refractivity contribution in [2.75, 3.05) is 12.4 Å². The molecule has 0 radical (unpaired) electrons. The predicted octanol–water partition coefficient (Wildman–Crippen LogP) is 3.05. The van der Waals surface area contributed by atoms with Crippen LogP contribution < -0.4 is 5.32 Å². The molecule has 1 amide bonds. The lowest BCUT2D eigenvalue weighted by molar-refractivity contribution is -0.140. The summed E-state index contributed by atoms with van der Waals surface area (Å²) in [4.78, 5) is 32.6. The van der Waals surface area contributed by atoms with E-state index in [2.05, 4.69) is 25.2 Å². The van der Waals surface area contributed by atoms with Crippen molar-refractivity contribution in [3.05, 3.63) is 65.9 Å². The molecule has 0 spiro atoms. The van der Waals surface area contributed by atoms with Gasteiger partial charge in [-0.2, -0.15) is 4.98 Å². The zero-order chi connectivity index (χ0) is 21.1. The lowest BCUT2D eigenvalue weighted by Gasteiger charge is -2.09. The number of rotatable bonds is 6. The van der Waals surface area contributed by atoms with E-state index in [-0.39, 0.29) is 18.3 Å². The Balaban J connectivity index is 1.54. The Bertz CT molecular complexity index is 1230. The Kier molecular flexibility index (Phi) is 5.25. The first-order valence-corrected chi connectivity index (χ1v) is 9.29. The number of fused-ring (bicyclic) bond motifs is 1. The standard InChI is InChI=1S/C21H19N5O4/c1-13-6-7-14(20-24-18(30-25-20)8-9-19(27)29-2)11-15(13)23-21(28)16-12-22-17-5-3-4-10-26(16)17/h3-7,10-12H,8-9H2,1-2H3,(H,23,28). The van der Waals surface area contributed by atoms with Crippen molar-refractivity contribution in [1.82, 2.24) is 19.5 Å². The van der Waals surface area contributed by atoms with Gasteiger partial charge in [-0.15, -0.1) is 0 Å². The van der Waals surface area contributed by atoms with Gasteiger partial charge >= 0.3 is 5.97 Å². The summed E-state index contributed by atoms with van der Waals surface area (Å²) in [7, 11) is 1.33. The van der Waals surface area contributed by atoms with Crippen LogP contribution in [0.2, 0.25) is 0 Å². The Labute approximate surface area is 171 Å². The molecule has 0 unspecified atom stereocenters. The molecule has 0 aliphatic heterocycles. The second kappa shape index (κ2) is 8.16. The molecular weight excluding hydrogens is 386 g/mol. The van der Waals surface area contributed by atoms with Gasteiger partial charge in [-0.3, -0.25) is 14.0 Å². The largest absolute Gasteiger partial charge is 0.469 e. The number of hydrogen-bond acceptors (Lipinski definition) is 7. The van der Waals surface area contributed by atoms with Crippen LogP contribution in [0.5, 0.6) is 0 Å². The van der Waals surface area contributed by atoms with Gasteiger partial charge in [0.25, 0.3) is 5.91 Å². The van der Waals surface area contributed by atoms with Gasteiger partial charge in [0.15, 0.2) is 0 Å². The van der Waals surface area contributed by atoms with Crippen molar-refractivity contribution in [3.63, 3.8) is 0 Å². The van der Waals surface area contributed by atoms with Crippen molar-refractivity contribution in [3.8, 4) is 11.4 Å². The van der Waals surface area contributed by atoms with Crippen molar-refractivity contribution in [2.24, 2.45) is 0 Å². The number of aromatic nitrogens is 4. The monoisotopic (exact) mass is 405 g/mol. The summed E-state index contributed by atoms with van der Waals surface area (Å²) >= 11 is 0. The minimum atomic E-state index is -0.345. The molecule has 4 aromatic rings. The zero-order valence-corrected chi connectivity index (χ0v) is 16.5. The number of carbonyl (C=O) groups is 2. The number of imidazole rings is 1. The number of methoxy groups -OCH3 is 1. The average molecular weight is 405 g/mol. The van der Waals surface area contributed by atoms with Crippen molar-refractivity contribution in [2.45, 2.75) is 19.8 Å². The number of hydrogen-bond donors (Lipinski definition) is 1. The first kappa shape index (κ1) is 19.3. The number of carbonyl (C=O) groups excluding carboxylic acids is 2. The van der Waals surface area contributed by atoms with Gasteiger partial charge in [0.1, 0.15) is 11.3 Å². The summed E-state index contributed by atoms with van der Waals surface area (Å²) in [5.74, 6) is 0.0933. The van der Waals surface area contributed by atoms with Crippen LogP contribution in [0.1, 0.15) is 28.4 Å². The third-order valence-corrected chi connectivity index (χ3v) is 4.63. The van der Waals surface area contributed by atoms with Gasteiger partial charge in [-0.25, -0.2) is 4.98 Å². The Morgan fingerprint density at radius 2 is 2.10 bits per heavy atom. The second-order valence-electron chi connectivity index (χ2n) is 6.64. The number of benzene rings is 1. The van der Waals surface area contributed by atoms with E-state index in [1.54, 1.807) is 16.7 Å². The Morgan fingerprint density at radius 1 is 1.23 bits per heavy atom. The predicted molar refractivity (Wildman–Crippen MR) is 108 cm³/mol. The average Bonchev–Trinajstić information content (AvgIpc) is 3.40. The highest BCUT2D eigenvalue weighted by molar-refractivity contribution is 6.04. The highest BCUT2D eigenvalue weighted by Gasteiger charge is 2.15. The number of anilines is 1. The smallest absolute Gasteiger partial charge is 0.306 e. The summed E-state index contributed by atoms with van der Waals surface area (Å²) < 4.78 is 11.5. The first-order valence-electron chi connectivity index (χ1n) is 9.29. The van der Waals surface area contributed by atoms with Gasteiger partial charge in [0.2, 0.25) is 11.7 Å². The van der Waals surface area contributed by atoms with E-state index in [1.165, 1.54) is 13.3 Å². The molecule has 0 saturated heterocycles.